The molecule has 1 fully saturated rings. The zero-order valence-corrected chi connectivity index (χ0v) is 14.9. The van der Waals surface area contributed by atoms with Gasteiger partial charge in [0, 0.05) is 18.2 Å². The van der Waals surface area contributed by atoms with E-state index in [1.807, 2.05) is 39.0 Å². The number of rotatable bonds is 4. The van der Waals surface area contributed by atoms with Gasteiger partial charge in [0.2, 0.25) is 0 Å². The third kappa shape index (κ3) is 4.20. The second kappa shape index (κ2) is 7.70. The minimum absolute atomic E-state index is 0.0280. The summed E-state index contributed by atoms with van der Waals surface area (Å²) in [6, 6.07) is 9.89. The molecule has 2 N–H and O–H groups in total. The summed E-state index contributed by atoms with van der Waals surface area (Å²) < 4.78 is 11.0. The number of nitrogens with zero attached hydrogens (tertiary/aromatic N) is 1. The van der Waals surface area contributed by atoms with E-state index in [2.05, 4.69) is 27.9 Å². The number of hydrogen-bond donors (Lipinski definition) is 2. The van der Waals surface area contributed by atoms with Crippen molar-refractivity contribution in [3.05, 3.63) is 52.9 Å². The van der Waals surface area contributed by atoms with Gasteiger partial charge in [-0.3, -0.25) is 0 Å². The monoisotopic (exact) mass is 343 g/mol. The molecule has 1 aliphatic rings. The highest BCUT2D eigenvalue weighted by atomic mass is 16.5. The van der Waals surface area contributed by atoms with Crippen LogP contribution in [-0.4, -0.2) is 23.8 Å². The lowest BCUT2D eigenvalue weighted by Gasteiger charge is -2.30. The average molecular weight is 343 g/mol. The Morgan fingerprint density at radius 2 is 2.04 bits per heavy atom. The number of urea groups is 1. The fourth-order valence-corrected chi connectivity index (χ4v) is 3.43. The van der Waals surface area contributed by atoms with Crippen LogP contribution in [0.25, 0.3) is 0 Å². The van der Waals surface area contributed by atoms with Crippen LogP contribution in [0.5, 0.6) is 0 Å². The molecule has 25 heavy (non-hydrogen) atoms. The van der Waals surface area contributed by atoms with Crippen molar-refractivity contribution in [3.63, 3.8) is 0 Å². The van der Waals surface area contributed by atoms with Gasteiger partial charge < -0.3 is 19.9 Å². The number of ether oxygens (including phenoxy) is 1. The third-order valence-electron chi connectivity index (χ3n) is 4.66. The maximum Gasteiger partial charge on any atom is 0.315 e. The lowest BCUT2D eigenvalue weighted by atomic mass is 9.97. The molecule has 0 aliphatic carbocycles. The highest BCUT2D eigenvalue weighted by molar-refractivity contribution is 5.74. The fraction of sp³-hybridized carbons (Fsp3) is 0.474. The maximum absolute atomic E-state index is 12.4. The minimum Gasteiger partial charge on any atom is -0.373 e. The predicted molar refractivity (Wildman–Crippen MR) is 94.2 cm³/mol. The second-order valence-electron chi connectivity index (χ2n) is 6.57. The van der Waals surface area contributed by atoms with E-state index < -0.39 is 0 Å². The molecule has 6 nitrogen and oxygen atoms in total. The largest absolute Gasteiger partial charge is 0.373 e. The summed E-state index contributed by atoms with van der Waals surface area (Å²) in [6.45, 7) is 6.31. The van der Waals surface area contributed by atoms with E-state index in [0.717, 1.165) is 35.4 Å². The van der Waals surface area contributed by atoms with Crippen molar-refractivity contribution >= 4 is 6.03 Å². The Morgan fingerprint density at radius 3 is 2.72 bits per heavy atom. The van der Waals surface area contributed by atoms with Crippen LogP contribution < -0.4 is 10.6 Å². The Bertz CT molecular complexity index is 694. The van der Waals surface area contributed by atoms with Crippen molar-refractivity contribution in [2.75, 3.05) is 6.61 Å². The summed E-state index contributed by atoms with van der Waals surface area (Å²) in [5, 5.41) is 9.98. The summed E-state index contributed by atoms with van der Waals surface area (Å²) in [5.41, 5.74) is 2.89. The Labute approximate surface area is 147 Å². The van der Waals surface area contributed by atoms with Crippen molar-refractivity contribution in [1.29, 1.82) is 0 Å². The molecule has 1 saturated heterocycles. The number of aromatic nitrogens is 1. The lowest BCUT2D eigenvalue weighted by molar-refractivity contribution is 0.00222. The van der Waals surface area contributed by atoms with E-state index >= 15 is 0 Å². The van der Waals surface area contributed by atoms with Crippen molar-refractivity contribution in [3.8, 4) is 0 Å². The number of benzene rings is 1. The van der Waals surface area contributed by atoms with Crippen LogP contribution in [0, 0.1) is 13.8 Å². The molecule has 134 valence electrons. The molecule has 1 aliphatic heterocycles. The number of carbonyl (C=O) groups is 1. The molecule has 0 unspecified atom stereocenters. The van der Waals surface area contributed by atoms with E-state index in [1.165, 1.54) is 0 Å². The smallest absolute Gasteiger partial charge is 0.315 e. The number of nitrogens with one attached hydrogen (secondary N) is 2. The van der Waals surface area contributed by atoms with Gasteiger partial charge in [-0.15, -0.1) is 0 Å². The van der Waals surface area contributed by atoms with Crippen LogP contribution in [0.1, 0.15) is 54.5 Å². The van der Waals surface area contributed by atoms with Crippen molar-refractivity contribution < 1.29 is 14.1 Å². The molecule has 0 saturated carbocycles. The quantitative estimate of drug-likeness (QED) is 0.890. The molecule has 0 radical (unpaired) electrons. The molecule has 2 aromatic rings. The standard InChI is InChI=1S/C19H25N3O3/c1-12(18-13(2)22-25-14(18)3)20-19(23)21-16-9-10-24-17(11-16)15-7-5-4-6-8-15/h4-8,12,16-17H,9-11H2,1-3H3,(H2,20,21,23)/t12-,16-,17-/m0/s1. The van der Waals surface area contributed by atoms with Gasteiger partial charge in [0.15, 0.2) is 0 Å². The van der Waals surface area contributed by atoms with Crippen LogP contribution in [0.2, 0.25) is 0 Å². The molecule has 6 heteroatoms. The molecule has 2 heterocycles. The van der Waals surface area contributed by atoms with Crippen molar-refractivity contribution in [2.45, 2.75) is 51.8 Å². The molecule has 1 aromatic carbocycles. The first kappa shape index (κ1) is 17.5. The molecule has 0 spiro atoms. The molecule has 3 rings (SSSR count). The molecule has 3 atom stereocenters. The van der Waals surface area contributed by atoms with E-state index in [4.69, 9.17) is 9.26 Å². The van der Waals surface area contributed by atoms with Gasteiger partial charge in [-0.25, -0.2) is 4.79 Å². The SMILES string of the molecule is Cc1noc(C)c1[C@H](C)NC(=O)N[C@H]1CCO[C@H](c2ccccc2)C1. The highest BCUT2D eigenvalue weighted by Crippen LogP contribution is 2.28. The summed E-state index contributed by atoms with van der Waals surface area (Å²) in [4.78, 5) is 12.4. The van der Waals surface area contributed by atoms with Crippen molar-refractivity contribution in [2.24, 2.45) is 0 Å². The number of hydrogen-bond acceptors (Lipinski definition) is 4. The van der Waals surface area contributed by atoms with Crippen LogP contribution in [0.3, 0.4) is 0 Å². The van der Waals surface area contributed by atoms with Crippen LogP contribution >= 0.6 is 0 Å². The molecular formula is C19H25N3O3. The number of amides is 2. The summed E-state index contributed by atoms with van der Waals surface area (Å²) in [6.07, 6.45) is 1.62. The second-order valence-corrected chi connectivity index (χ2v) is 6.57. The van der Waals surface area contributed by atoms with E-state index in [1.54, 1.807) is 0 Å². The first-order valence-electron chi connectivity index (χ1n) is 8.71. The maximum atomic E-state index is 12.4. The van der Waals surface area contributed by atoms with Crippen LogP contribution in [0.4, 0.5) is 4.79 Å². The summed E-state index contributed by atoms with van der Waals surface area (Å²) in [5.74, 6) is 0.737. The van der Waals surface area contributed by atoms with Gasteiger partial charge in [0.05, 0.1) is 17.8 Å². The van der Waals surface area contributed by atoms with E-state index in [0.29, 0.717) is 6.61 Å². The van der Waals surface area contributed by atoms with Gasteiger partial charge in [0.1, 0.15) is 5.76 Å². The zero-order valence-electron chi connectivity index (χ0n) is 14.9. The predicted octanol–water partition coefficient (Wildman–Crippen LogP) is 3.57. The number of aryl methyl sites for hydroxylation is 2. The first-order valence-corrected chi connectivity index (χ1v) is 8.71. The van der Waals surface area contributed by atoms with Gasteiger partial charge in [-0.1, -0.05) is 35.5 Å². The molecule has 1 aromatic heterocycles. The number of carbonyl (C=O) groups excluding carboxylic acids is 1. The van der Waals surface area contributed by atoms with Gasteiger partial charge in [-0.05, 0) is 39.2 Å². The molecule has 0 bridgehead atoms. The lowest BCUT2D eigenvalue weighted by Crippen LogP contribution is -2.45. The Hall–Kier alpha value is -2.34. The summed E-state index contributed by atoms with van der Waals surface area (Å²) >= 11 is 0. The Morgan fingerprint density at radius 1 is 1.28 bits per heavy atom. The Kier molecular flexibility index (Phi) is 5.38. The van der Waals surface area contributed by atoms with Crippen LogP contribution in [-0.2, 0) is 4.74 Å². The van der Waals surface area contributed by atoms with E-state index in [9.17, 15) is 4.79 Å². The highest BCUT2D eigenvalue weighted by Gasteiger charge is 2.26. The third-order valence-corrected chi connectivity index (χ3v) is 4.66. The zero-order chi connectivity index (χ0) is 17.8. The van der Waals surface area contributed by atoms with Crippen LogP contribution in [0.15, 0.2) is 34.9 Å². The average Bonchev–Trinajstić information content (AvgIpc) is 2.94. The topological polar surface area (TPSA) is 76.4 Å². The Balaban J connectivity index is 1.56. The molecule has 2 amide bonds. The minimum atomic E-state index is -0.175. The van der Waals surface area contributed by atoms with Gasteiger partial charge in [-0.2, -0.15) is 0 Å². The summed E-state index contributed by atoms with van der Waals surface area (Å²) in [7, 11) is 0. The molecular weight excluding hydrogens is 318 g/mol. The van der Waals surface area contributed by atoms with Gasteiger partial charge in [0.25, 0.3) is 0 Å². The first-order chi connectivity index (χ1) is 12.0. The van der Waals surface area contributed by atoms with Crippen molar-refractivity contribution in [1.82, 2.24) is 15.8 Å². The fourth-order valence-electron chi connectivity index (χ4n) is 3.43. The normalized spacial score (nSPS) is 21.6. The van der Waals surface area contributed by atoms with Gasteiger partial charge >= 0.3 is 6.03 Å². The van der Waals surface area contributed by atoms with E-state index in [-0.39, 0.29) is 24.2 Å².